The van der Waals surface area contributed by atoms with Crippen molar-refractivity contribution in [3.63, 3.8) is 0 Å². The van der Waals surface area contributed by atoms with Crippen molar-refractivity contribution >= 4 is 23.3 Å². The van der Waals surface area contributed by atoms with E-state index >= 15 is 0 Å². The monoisotopic (exact) mass is 374 g/mol. The van der Waals surface area contributed by atoms with Crippen LogP contribution in [-0.4, -0.2) is 73.7 Å². The largest absolute Gasteiger partial charge is 0.380 e. The number of carbonyl (C=O) groups is 2. The molecule has 0 radical (unpaired) electrons. The van der Waals surface area contributed by atoms with Gasteiger partial charge in [-0.1, -0.05) is 6.07 Å². The van der Waals surface area contributed by atoms with Crippen molar-refractivity contribution < 1.29 is 14.3 Å². The van der Waals surface area contributed by atoms with Gasteiger partial charge in [0.15, 0.2) is 0 Å². The van der Waals surface area contributed by atoms with Crippen LogP contribution in [0.1, 0.15) is 26.7 Å². The number of nitrogens with one attached hydrogen (secondary N) is 1. The summed E-state index contributed by atoms with van der Waals surface area (Å²) >= 11 is 0. The third kappa shape index (κ3) is 4.99. The van der Waals surface area contributed by atoms with Gasteiger partial charge in [0, 0.05) is 63.2 Å². The van der Waals surface area contributed by atoms with Gasteiger partial charge in [0.05, 0.1) is 6.61 Å². The van der Waals surface area contributed by atoms with E-state index in [-0.39, 0.29) is 18.0 Å². The second-order valence-electron chi connectivity index (χ2n) is 7.16. The van der Waals surface area contributed by atoms with Crippen molar-refractivity contribution in [2.75, 3.05) is 56.2 Å². The maximum Gasteiger partial charge on any atom is 0.321 e. The Labute approximate surface area is 161 Å². The number of hydrogen-bond donors (Lipinski definition) is 1. The van der Waals surface area contributed by atoms with Gasteiger partial charge in [0.2, 0.25) is 5.91 Å². The zero-order chi connectivity index (χ0) is 19.2. The molecule has 27 heavy (non-hydrogen) atoms. The van der Waals surface area contributed by atoms with Gasteiger partial charge in [-0.25, -0.2) is 4.79 Å². The molecule has 0 saturated carbocycles. The highest BCUT2D eigenvalue weighted by atomic mass is 16.5. The van der Waals surface area contributed by atoms with E-state index in [4.69, 9.17) is 4.74 Å². The molecule has 0 unspecified atom stereocenters. The van der Waals surface area contributed by atoms with Crippen molar-refractivity contribution in [3.05, 3.63) is 24.3 Å². The van der Waals surface area contributed by atoms with Crippen LogP contribution in [0, 0.1) is 0 Å². The summed E-state index contributed by atoms with van der Waals surface area (Å²) in [6.45, 7) is 9.58. The predicted molar refractivity (Wildman–Crippen MR) is 106 cm³/mol. The highest BCUT2D eigenvalue weighted by Crippen LogP contribution is 2.28. The van der Waals surface area contributed by atoms with E-state index in [1.807, 2.05) is 41.0 Å². The maximum absolute atomic E-state index is 12.6. The lowest BCUT2D eigenvalue weighted by molar-refractivity contribution is -0.117. The SMILES string of the molecule is CCOCCN1CCN(C(=O)Nc2cccc(N3C(=O)CC[C@@H]3C)c2)CC1. The first-order valence-corrected chi connectivity index (χ1v) is 9.86. The van der Waals surface area contributed by atoms with Gasteiger partial charge in [-0.2, -0.15) is 0 Å². The van der Waals surface area contributed by atoms with Crippen LogP contribution < -0.4 is 10.2 Å². The molecule has 1 aromatic carbocycles. The van der Waals surface area contributed by atoms with Crippen LogP contribution >= 0.6 is 0 Å². The average molecular weight is 374 g/mol. The molecule has 1 aromatic rings. The molecule has 7 nitrogen and oxygen atoms in total. The van der Waals surface area contributed by atoms with Gasteiger partial charge in [-0.05, 0) is 38.5 Å². The van der Waals surface area contributed by atoms with Crippen molar-refractivity contribution in [1.82, 2.24) is 9.80 Å². The zero-order valence-corrected chi connectivity index (χ0v) is 16.3. The Morgan fingerprint density at radius 3 is 2.70 bits per heavy atom. The van der Waals surface area contributed by atoms with E-state index in [9.17, 15) is 9.59 Å². The van der Waals surface area contributed by atoms with Crippen molar-refractivity contribution in [2.24, 2.45) is 0 Å². The molecular formula is C20H30N4O3. The lowest BCUT2D eigenvalue weighted by Crippen LogP contribution is -2.50. The quantitative estimate of drug-likeness (QED) is 0.777. The number of piperazine rings is 1. The van der Waals surface area contributed by atoms with Gasteiger partial charge in [0.25, 0.3) is 0 Å². The van der Waals surface area contributed by atoms with E-state index in [1.165, 1.54) is 0 Å². The molecule has 3 rings (SSSR count). The Bertz CT molecular complexity index is 658. The molecule has 0 spiro atoms. The van der Waals surface area contributed by atoms with Crippen LogP contribution in [0.25, 0.3) is 0 Å². The third-order valence-corrected chi connectivity index (χ3v) is 5.28. The Kier molecular flexibility index (Phi) is 6.68. The first kappa shape index (κ1) is 19.6. The van der Waals surface area contributed by atoms with Crippen molar-refractivity contribution in [2.45, 2.75) is 32.7 Å². The smallest absolute Gasteiger partial charge is 0.321 e. The van der Waals surface area contributed by atoms with Gasteiger partial charge >= 0.3 is 6.03 Å². The fraction of sp³-hybridized carbons (Fsp3) is 0.600. The van der Waals surface area contributed by atoms with Crippen LogP contribution in [0.4, 0.5) is 16.2 Å². The number of anilines is 2. The summed E-state index contributed by atoms with van der Waals surface area (Å²) in [7, 11) is 0. The molecule has 2 aliphatic rings. The van der Waals surface area contributed by atoms with E-state index in [2.05, 4.69) is 17.1 Å². The van der Waals surface area contributed by atoms with Crippen LogP contribution in [-0.2, 0) is 9.53 Å². The first-order valence-electron chi connectivity index (χ1n) is 9.86. The summed E-state index contributed by atoms with van der Waals surface area (Å²) in [5, 5.41) is 2.98. The second-order valence-corrected chi connectivity index (χ2v) is 7.16. The van der Waals surface area contributed by atoms with E-state index in [0.29, 0.717) is 19.5 Å². The molecule has 2 fully saturated rings. The molecular weight excluding hydrogens is 344 g/mol. The third-order valence-electron chi connectivity index (χ3n) is 5.28. The molecule has 2 saturated heterocycles. The number of benzene rings is 1. The van der Waals surface area contributed by atoms with E-state index in [1.54, 1.807) is 0 Å². The number of carbonyl (C=O) groups excluding carboxylic acids is 2. The Hall–Kier alpha value is -2.12. The maximum atomic E-state index is 12.6. The normalized spacial score (nSPS) is 21.0. The zero-order valence-electron chi connectivity index (χ0n) is 16.3. The number of rotatable bonds is 6. The summed E-state index contributed by atoms with van der Waals surface area (Å²) < 4.78 is 5.40. The molecule has 2 aliphatic heterocycles. The minimum Gasteiger partial charge on any atom is -0.380 e. The molecule has 148 valence electrons. The molecule has 7 heteroatoms. The van der Waals surface area contributed by atoms with Crippen LogP contribution in [0.2, 0.25) is 0 Å². The van der Waals surface area contributed by atoms with Crippen LogP contribution in [0.5, 0.6) is 0 Å². The minimum absolute atomic E-state index is 0.0857. The Morgan fingerprint density at radius 1 is 1.26 bits per heavy atom. The molecule has 0 bridgehead atoms. The summed E-state index contributed by atoms with van der Waals surface area (Å²) in [5.41, 5.74) is 1.58. The fourth-order valence-corrected chi connectivity index (χ4v) is 3.67. The van der Waals surface area contributed by atoms with Gasteiger partial charge in [0.1, 0.15) is 0 Å². The van der Waals surface area contributed by atoms with Crippen molar-refractivity contribution in [3.8, 4) is 0 Å². The molecule has 2 heterocycles. The number of nitrogens with zero attached hydrogens (tertiary/aromatic N) is 3. The highest BCUT2D eigenvalue weighted by Gasteiger charge is 2.29. The predicted octanol–water partition coefficient (Wildman–Crippen LogP) is 2.39. The van der Waals surface area contributed by atoms with Crippen LogP contribution in [0.3, 0.4) is 0 Å². The van der Waals surface area contributed by atoms with Gasteiger partial charge < -0.3 is 19.9 Å². The van der Waals surface area contributed by atoms with Gasteiger partial charge in [-0.15, -0.1) is 0 Å². The van der Waals surface area contributed by atoms with Gasteiger partial charge in [-0.3, -0.25) is 9.69 Å². The summed E-state index contributed by atoms with van der Waals surface area (Å²) in [4.78, 5) is 30.7. The molecule has 1 atom stereocenters. The number of hydrogen-bond acceptors (Lipinski definition) is 4. The minimum atomic E-state index is -0.0857. The molecule has 3 amide bonds. The van der Waals surface area contributed by atoms with E-state index < -0.39 is 0 Å². The Balaban J connectivity index is 1.53. The number of amides is 3. The topological polar surface area (TPSA) is 65.1 Å². The molecule has 1 N–H and O–H groups in total. The highest BCUT2D eigenvalue weighted by molar-refractivity contribution is 5.97. The Morgan fingerprint density at radius 2 is 2.04 bits per heavy atom. The first-order chi connectivity index (χ1) is 13.1. The van der Waals surface area contributed by atoms with E-state index in [0.717, 1.165) is 50.6 Å². The van der Waals surface area contributed by atoms with Crippen molar-refractivity contribution in [1.29, 1.82) is 0 Å². The lowest BCUT2D eigenvalue weighted by Gasteiger charge is -2.34. The van der Waals surface area contributed by atoms with Crippen LogP contribution in [0.15, 0.2) is 24.3 Å². The second kappa shape index (κ2) is 9.19. The number of urea groups is 1. The summed E-state index contributed by atoms with van der Waals surface area (Å²) in [5.74, 6) is 0.147. The molecule has 0 aromatic heterocycles. The summed E-state index contributed by atoms with van der Waals surface area (Å²) in [6.07, 6.45) is 1.47. The summed E-state index contributed by atoms with van der Waals surface area (Å²) in [6, 6.07) is 7.67. The molecule has 0 aliphatic carbocycles. The average Bonchev–Trinajstić information content (AvgIpc) is 3.01. The number of ether oxygens (including phenoxy) is 1. The lowest BCUT2D eigenvalue weighted by atomic mass is 10.2. The fourth-order valence-electron chi connectivity index (χ4n) is 3.67. The standard InChI is InChI=1S/C20H30N4O3/c1-3-27-14-13-22-9-11-23(12-10-22)20(26)21-17-5-4-6-18(15-17)24-16(2)7-8-19(24)25/h4-6,15-16H,3,7-14H2,1-2H3,(H,21,26)/t16-/m0/s1.